The fourth-order valence-electron chi connectivity index (χ4n) is 1.84. The first kappa shape index (κ1) is 12.6. The Hall–Kier alpha value is -2.47. The van der Waals surface area contributed by atoms with E-state index in [0.29, 0.717) is 15.4 Å². The molecule has 2 aromatic heterocycles. The monoisotopic (exact) mass is 285 g/mol. The summed E-state index contributed by atoms with van der Waals surface area (Å²) in [6, 6.07) is 9.04. The molecular formula is C14H11N3O2S. The van der Waals surface area contributed by atoms with E-state index in [0.717, 1.165) is 15.8 Å². The van der Waals surface area contributed by atoms with Crippen molar-refractivity contribution in [2.75, 3.05) is 5.32 Å². The van der Waals surface area contributed by atoms with Crippen molar-refractivity contribution in [1.82, 2.24) is 4.98 Å². The maximum absolute atomic E-state index is 12.0. The third-order valence-corrected chi connectivity index (χ3v) is 3.74. The lowest BCUT2D eigenvalue weighted by atomic mass is 10.2. The number of nitrogens with one attached hydrogen (secondary N) is 1. The van der Waals surface area contributed by atoms with Crippen LogP contribution in [0.4, 0.5) is 5.13 Å². The number of benzene rings is 1. The molecule has 1 N–H and O–H groups in total. The second kappa shape index (κ2) is 4.90. The quantitative estimate of drug-likeness (QED) is 0.581. The number of anilines is 1. The summed E-state index contributed by atoms with van der Waals surface area (Å²) in [5, 5.41) is 14.4. The predicted molar refractivity (Wildman–Crippen MR) is 77.7 cm³/mol. The average molecular weight is 285 g/mol. The first-order valence-corrected chi connectivity index (χ1v) is 6.81. The molecule has 5 nitrogen and oxygen atoms in total. The molecule has 3 aromatic rings. The Labute approximate surface area is 119 Å². The van der Waals surface area contributed by atoms with Crippen LogP contribution in [0, 0.1) is 12.1 Å². The smallest absolute Gasteiger partial charge is 0.263 e. The van der Waals surface area contributed by atoms with E-state index in [2.05, 4.69) is 10.3 Å². The van der Waals surface area contributed by atoms with Gasteiger partial charge in [-0.2, -0.15) is 4.73 Å². The van der Waals surface area contributed by atoms with Gasteiger partial charge in [-0.25, -0.2) is 4.98 Å². The van der Waals surface area contributed by atoms with Gasteiger partial charge in [-0.15, -0.1) is 0 Å². The van der Waals surface area contributed by atoms with Crippen LogP contribution in [-0.2, 0) is 0 Å². The average Bonchev–Trinajstić information content (AvgIpc) is 2.80. The Balaban J connectivity index is 1.87. The number of carbonyl (C=O) groups excluding carboxylic acids is 1. The summed E-state index contributed by atoms with van der Waals surface area (Å²) in [6.07, 6.45) is 2.56. The van der Waals surface area contributed by atoms with E-state index in [1.54, 1.807) is 6.07 Å². The van der Waals surface area contributed by atoms with Crippen LogP contribution in [0.5, 0.6) is 0 Å². The Morgan fingerprint density at radius 3 is 3.05 bits per heavy atom. The van der Waals surface area contributed by atoms with Crippen LogP contribution in [0.2, 0.25) is 0 Å². The first-order chi connectivity index (χ1) is 9.61. The second-order valence-corrected chi connectivity index (χ2v) is 5.43. The molecular weight excluding hydrogens is 274 g/mol. The Bertz CT molecular complexity index is 798. The number of hydrogen-bond donors (Lipinski definition) is 1. The normalized spacial score (nSPS) is 10.7. The zero-order valence-corrected chi connectivity index (χ0v) is 11.5. The van der Waals surface area contributed by atoms with E-state index >= 15 is 0 Å². The van der Waals surface area contributed by atoms with Crippen molar-refractivity contribution in [2.45, 2.75) is 6.92 Å². The minimum atomic E-state index is -0.342. The fraction of sp³-hybridized carbons (Fsp3) is 0.0714. The zero-order chi connectivity index (χ0) is 14.1. The largest absolute Gasteiger partial charge is 0.619 e. The van der Waals surface area contributed by atoms with Crippen molar-refractivity contribution in [3.05, 3.63) is 59.1 Å². The number of fused-ring (bicyclic) bond motifs is 1. The summed E-state index contributed by atoms with van der Waals surface area (Å²) in [6.45, 7) is 2.01. The summed E-state index contributed by atoms with van der Waals surface area (Å²) >= 11 is 1.41. The Morgan fingerprint density at radius 2 is 2.25 bits per heavy atom. The number of aryl methyl sites for hydroxylation is 1. The fourth-order valence-corrected chi connectivity index (χ4v) is 2.80. The molecule has 0 radical (unpaired) electrons. The first-order valence-electron chi connectivity index (χ1n) is 5.99. The highest BCUT2D eigenvalue weighted by Gasteiger charge is 2.12. The lowest BCUT2D eigenvalue weighted by Crippen LogP contribution is -2.27. The number of hydrogen-bond acceptors (Lipinski definition) is 4. The van der Waals surface area contributed by atoms with E-state index in [4.69, 9.17) is 0 Å². The zero-order valence-electron chi connectivity index (χ0n) is 10.7. The van der Waals surface area contributed by atoms with E-state index in [9.17, 15) is 10.0 Å². The number of pyridine rings is 1. The Kier molecular flexibility index (Phi) is 3.08. The van der Waals surface area contributed by atoms with Crippen LogP contribution in [0.1, 0.15) is 15.9 Å². The number of aromatic nitrogens is 2. The van der Waals surface area contributed by atoms with Crippen molar-refractivity contribution in [3.63, 3.8) is 0 Å². The maximum Gasteiger partial charge on any atom is 0.263 e. The molecule has 0 bridgehead atoms. The molecule has 100 valence electrons. The van der Waals surface area contributed by atoms with Gasteiger partial charge in [-0.3, -0.25) is 10.1 Å². The van der Waals surface area contributed by atoms with Crippen LogP contribution in [0.15, 0.2) is 42.7 Å². The summed E-state index contributed by atoms with van der Waals surface area (Å²) in [5.41, 5.74) is 2.30. The third kappa shape index (κ3) is 2.46. The van der Waals surface area contributed by atoms with Gasteiger partial charge < -0.3 is 5.21 Å². The van der Waals surface area contributed by atoms with Gasteiger partial charge in [-0.1, -0.05) is 17.4 Å². The van der Waals surface area contributed by atoms with E-state index in [-0.39, 0.29) is 5.91 Å². The van der Waals surface area contributed by atoms with Gasteiger partial charge in [0.1, 0.15) is 5.56 Å². The molecule has 0 saturated heterocycles. The van der Waals surface area contributed by atoms with Crippen LogP contribution < -0.4 is 10.0 Å². The van der Waals surface area contributed by atoms with Crippen molar-refractivity contribution in [1.29, 1.82) is 0 Å². The molecule has 0 saturated carbocycles. The summed E-state index contributed by atoms with van der Waals surface area (Å²) in [5.74, 6) is -0.342. The molecule has 2 heterocycles. The Morgan fingerprint density at radius 1 is 1.40 bits per heavy atom. The lowest BCUT2D eigenvalue weighted by Gasteiger charge is -2.01. The van der Waals surface area contributed by atoms with Gasteiger partial charge in [-0.05, 0) is 30.7 Å². The van der Waals surface area contributed by atoms with Crippen LogP contribution in [-0.4, -0.2) is 10.9 Å². The molecule has 0 aliphatic heterocycles. The molecule has 0 unspecified atom stereocenters. The number of carbonyl (C=O) groups is 1. The predicted octanol–water partition coefficient (Wildman–Crippen LogP) is 2.49. The SMILES string of the molecule is Cc1ccc2nc(NC(=O)c3ccc[n+]([O-])c3)sc2c1. The molecule has 0 aliphatic rings. The molecule has 0 fully saturated rings. The van der Waals surface area contributed by atoms with E-state index in [1.807, 2.05) is 25.1 Å². The topological polar surface area (TPSA) is 68.9 Å². The minimum Gasteiger partial charge on any atom is -0.619 e. The highest BCUT2D eigenvalue weighted by atomic mass is 32.1. The molecule has 0 spiro atoms. The summed E-state index contributed by atoms with van der Waals surface area (Å²) in [7, 11) is 0. The second-order valence-electron chi connectivity index (χ2n) is 4.40. The van der Waals surface area contributed by atoms with Crippen molar-refractivity contribution in [2.24, 2.45) is 0 Å². The van der Waals surface area contributed by atoms with Gasteiger partial charge >= 0.3 is 0 Å². The highest BCUT2D eigenvalue weighted by Crippen LogP contribution is 2.26. The van der Waals surface area contributed by atoms with Crippen molar-refractivity contribution in [3.8, 4) is 0 Å². The van der Waals surface area contributed by atoms with Gasteiger partial charge in [0.15, 0.2) is 17.5 Å². The van der Waals surface area contributed by atoms with Crippen molar-refractivity contribution >= 4 is 32.6 Å². The van der Waals surface area contributed by atoms with Crippen LogP contribution in [0.25, 0.3) is 10.2 Å². The summed E-state index contributed by atoms with van der Waals surface area (Å²) < 4.78 is 1.61. The molecule has 0 aliphatic carbocycles. The number of nitrogens with zero attached hydrogens (tertiary/aromatic N) is 2. The molecule has 1 amide bonds. The third-order valence-electron chi connectivity index (χ3n) is 2.80. The molecule has 3 rings (SSSR count). The van der Waals surface area contributed by atoms with E-state index in [1.165, 1.54) is 29.8 Å². The number of thiazole rings is 1. The van der Waals surface area contributed by atoms with Gasteiger partial charge in [0, 0.05) is 6.07 Å². The minimum absolute atomic E-state index is 0.304. The molecule has 0 atom stereocenters. The summed E-state index contributed by atoms with van der Waals surface area (Å²) in [4.78, 5) is 16.4. The van der Waals surface area contributed by atoms with Crippen LogP contribution >= 0.6 is 11.3 Å². The van der Waals surface area contributed by atoms with Gasteiger partial charge in [0.2, 0.25) is 0 Å². The van der Waals surface area contributed by atoms with Crippen molar-refractivity contribution < 1.29 is 9.52 Å². The van der Waals surface area contributed by atoms with E-state index < -0.39 is 0 Å². The lowest BCUT2D eigenvalue weighted by molar-refractivity contribution is -0.605. The number of rotatable bonds is 2. The standard InChI is InChI=1S/C14H11N3O2S/c1-9-4-5-11-12(7-9)20-14(15-11)16-13(18)10-3-2-6-17(19)8-10/h2-8H,1H3,(H,15,16,18). The number of amides is 1. The maximum atomic E-state index is 12.0. The van der Waals surface area contributed by atoms with Crippen LogP contribution in [0.3, 0.4) is 0 Å². The molecule has 6 heteroatoms. The van der Waals surface area contributed by atoms with Gasteiger partial charge in [0.25, 0.3) is 5.91 Å². The highest BCUT2D eigenvalue weighted by molar-refractivity contribution is 7.22. The molecule has 20 heavy (non-hydrogen) atoms. The molecule has 1 aromatic carbocycles. The van der Waals surface area contributed by atoms with Gasteiger partial charge in [0.05, 0.1) is 10.2 Å².